The molecule has 1 heterocycles. The van der Waals surface area contributed by atoms with E-state index in [4.69, 9.17) is 9.72 Å². The maximum absolute atomic E-state index is 5.10. The quantitative estimate of drug-likeness (QED) is 0.806. The smallest absolute Gasteiger partial charge is 0.107 e. The lowest BCUT2D eigenvalue weighted by Gasteiger charge is -2.04. The lowest BCUT2D eigenvalue weighted by atomic mass is 10.1. The van der Waals surface area contributed by atoms with Gasteiger partial charge in [-0.3, -0.25) is 0 Å². The van der Waals surface area contributed by atoms with Crippen molar-refractivity contribution in [3.05, 3.63) is 40.2 Å². The van der Waals surface area contributed by atoms with Gasteiger partial charge in [0.25, 0.3) is 0 Å². The van der Waals surface area contributed by atoms with Crippen LogP contribution in [-0.2, 0) is 17.7 Å². The fourth-order valence-electron chi connectivity index (χ4n) is 2.05. The van der Waals surface area contributed by atoms with Crippen molar-refractivity contribution in [2.24, 2.45) is 5.92 Å². The summed E-state index contributed by atoms with van der Waals surface area (Å²) in [7, 11) is 1.73. The van der Waals surface area contributed by atoms with Crippen molar-refractivity contribution < 1.29 is 4.74 Å². The maximum Gasteiger partial charge on any atom is 0.107 e. The molecule has 0 aliphatic rings. The third-order valence-corrected chi connectivity index (χ3v) is 4.07. The van der Waals surface area contributed by atoms with Crippen LogP contribution in [0.4, 0.5) is 0 Å². The van der Waals surface area contributed by atoms with Gasteiger partial charge in [0.15, 0.2) is 0 Å². The molecule has 0 bridgehead atoms. The highest BCUT2D eigenvalue weighted by molar-refractivity contribution is 7.09. The van der Waals surface area contributed by atoms with E-state index >= 15 is 0 Å². The Labute approximate surface area is 131 Å². The Hall–Kier alpha value is -1.23. The molecule has 0 aliphatic heterocycles. The molecular weight excluding hydrogens is 280 g/mol. The van der Waals surface area contributed by atoms with E-state index in [2.05, 4.69) is 48.8 Å². The summed E-state index contributed by atoms with van der Waals surface area (Å²) >= 11 is 1.72. The summed E-state index contributed by atoms with van der Waals surface area (Å²) in [6, 6.07) is 8.60. The summed E-state index contributed by atoms with van der Waals surface area (Å²) in [6.07, 6.45) is 0.957. The fraction of sp³-hybridized carbons (Fsp3) is 0.471. The second kappa shape index (κ2) is 8.27. The number of nitrogens with one attached hydrogen (secondary N) is 1. The third kappa shape index (κ3) is 5.23. The van der Waals surface area contributed by atoms with Crippen molar-refractivity contribution in [3.8, 4) is 11.3 Å². The largest absolute Gasteiger partial charge is 0.384 e. The first-order valence-electron chi connectivity index (χ1n) is 7.42. The Morgan fingerprint density at radius 1 is 1.24 bits per heavy atom. The minimum absolute atomic E-state index is 0.670. The first-order valence-corrected chi connectivity index (χ1v) is 8.30. The van der Waals surface area contributed by atoms with E-state index in [1.807, 2.05) is 0 Å². The highest BCUT2D eigenvalue weighted by atomic mass is 32.1. The molecular formula is C17H24N2OS. The molecule has 0 unspecified atom stereocenters. The normalized spacial score (nSPS) is 11.2. The van der Waals surface area contributed by atoms with E-state index in [-0.39, 0.29) is 0 Å². The molecule has 0 spiro atoms. The molecule has 0 saturated carbocycles. The Balaban J connectivity index is 1.94. The molecule has 1 N–H and O–H groups in total. The lowest BCUT2D eigenvalue weighted by molar-refractivity contribution is 0.202. The number of hydrogen-bond acceptors (Lipinski definition) is 4. The van der Waals surface area contributed by atoms with Crippen LogP contribution in [0.2, 0.25) is 0 Å². The zero-order chi connectivity index (χ0) is 15.1. The van der Waals surface area contributed by atoms with Crippen LogP contribution in [0.1, 0.15) is 24.4 Å². The Bertz CT molecular complexity index is 534. The molecule has 1 aromatic carbocycles. The monoisotopic (exact) mass is 304 g/mol. The van der Waals surface area contributed by atoms with Crippen molar-refractivity contribution in [1.82, 2.24) is 10.3 Å². The van der Waals surface area contributed by atoms with Crippen molar-refractivity contribution in [2.75, 3.05) is 20.3 Å². The van der Waals surface area contributed by atoms with Gasteiger partial charge in [-0.15, -0.1) is 11.3 Å². The molecule has 0 fully saturated rings. The first-order chi connectivity index (χ1) is 10.2. The predicted octanol–water partition coefficient (Wildman–Crippen LogP) is 3.74. The Morgan fingerprint density at radius 2 is 2.00 bits per heavy atom. The number of thiazole rings is 1. The summed E-state index contributed by atoms with van der Waals surface area (Å²) in [5.41, 5.74) is 3.55. The molecule has 0 aliphatic carbocycles. The molecule has 3 nitrogen and oxygen atoms in total. The van der Waals surface area contributed by atoms with Crippen LogP contribution in [0.25, 0.3) is 11.3 Å². The lowest BCUT2D eigenvalue weighted by Crippen LogP contribution is -2.18. The van der Waals surface area contributed by atoms with Crippen molar-refractivity contribution in [1.29, 1.82) is 0 Å². The Kier molecular flexibility index (Phi) is 6.36. The van der Waals surface area contributed by atoms with Crippen LogP contribution in [0.15, 0.2) is 29.6 Å². The highest BCUT2D eigenvalue weighted by Gasteiger charge is 2.05. The molecule has 4 heteroatoms. The van der Waals surface area contributed by atoms with Crippen LogP contribution >= 0.6 is 11.3 Å². The van der Waals surface area contributed by atoms with Gasteiger partial charge >= 0.3 is 0 Å². The van der Waals surface area contributed by atoms with Gasteiger partial charge < -0.3 is 10.1 Å². The van der Waals surface area contributed by atoms with Crippen LogP contribution in [-0.4, -0.2) is 25.2 Å². The molecule has 0 atom stereocenters. The third-order valence-electron chi connectivity index (χ3n) is 3.23. The number of aromatic nitrogens is 1. The van der Waals surface area contributed by atoms with Crippen LogP contribution < -0.4 is 5.32 Å². The number of rotatable bonds is 8. The SMILES string of the molecule is COCCc1ccc(-c2csc(CNCC(C)C)n2)cc1. The summed E-state index contributed by atoms with van der Waals surface area (Å²) in [6.45, 7) is 7.08. The minimum atomic E-state index is 0.670. The molecule has 114 valence electrons. The summed E-state index contributed by atoms with van der Waals surface area (Å²) in [5.74, 6) is 0.670. The van der Waals surface area contributed by atoms with Crippen molar-refractivity contribution >= 4 is 11.3 Å². The minimum Gasteiger partial charge on any atom is -0.384 e. The van der Waals surface area contributed by atoms with Gasteiger partial charge in [0, 0.05) is 24.6 Å². The van der Waals surface area contributed by atoms with E-state index in [0.717, 1.165) is 36.8 Å². The number of nitrogens with zero attached hydrogens (tertiary/aromatic N) is 1. The number of hydrogen-bond donors (Lipinski definition) is 1. The molecule has 2 rings (SSSR count). The highest BCUT2D eigenvalue weighted by Crippen LogP contribution is 2.22. The second-order valence-electron chi connectivity index (χ2n) is 5.59. The standard InChI is InChI=1S/C17H24N2OS/c1-13(2)10-18-11-17-19-16(12-21-17)15-6-4-14(5-7-15)8-9-20-3/h4-7,12-13,18H,8-11H2,1-3H3. The van der Waals surface area contributed by atoms with E-state index < -0.39 is 0 Å². The molecule has 1 aromatic heterocycles. The van der Waals surface area contributed by atoms with Gasteiger partial charge in [0.05, 0.1) is 12.3 Å². The fourth-order valence-corrected chi connectivity index (χ4v) is 2.83. The van der Waals surface area contributed by atoms with E-state index in [1.165, 1.54) is 11.1 Å². The van der Waals surface area contributed by atoms with Crippen LogP contribution in [0.5, 0.6) is 0 Å². The second-order valence-corrected chi connectivity index (χ2v) is 6.53. The number of methoxy groups -OCH3 is 1. The summed E-state index contributed by atoms with van der Waals surface area (Å²) in [5, 5.41) is 6.72. The summed E-state index contributed by atoms with van der Waals surface area (Å²) in [4.78, 5) is 4.70. The van der Waals surface area contributed by atoms with Gasteiger partial charge in [0.2, 0.25) is 0 Å². The molecule has 21 heavy (non-hydrogen) atoms. The van der Waals surface area contributed by atoms with Gasteiger partial charge in [-0.25, -0.2) is 4.98 Å². The predicted molar refractivity (Wildman–Crippen MR) is 89.7 cm³/mol. The van der Waals surface area contributed by atoms with Gasteiger partial charge in [-0.05, 0) is 24.4 Å². The van der Waals surface area contributed by atoms with Gasteiger partial charge in [0.1, 0.15) is 5.01 Å². The van der Waals surface area contributed by atoms with E-state index in [1.54, 1.807) is 18.4 Å². The molecule has 0 saturated heterocycles. The van der Waals surface area contributed by atoms with Crippen LogP contribution in [0.3, 0.4) is 0 Å². The first kappa shape index (κ1) is 16.1. The van der Waals surface area contributed by atoms with Gasteiger partial charge in [-0.2, -0.15) is 0 Å². The summed E-state index contributed by atoms with van der Waals surface area (Å²) < 4.78 is 5.10. The molecule has 0 amide bonds. The van der Waals surface area contributed by atoms with Crippen molar-refractivity contribution in [2.45, 2.75) is 26.8 Å². The topological polar surface area (TPSA) is 34.1 Å². The van der Waals surface area contributed by atoms with E-state index in [9.17, 15) is 0 Å². The zero-order valence-electron chi connectivity index (χ0n) is 13.1. The zero-order valence-corrected chi connectivity index (χ0v) is 13.9. The van der Waals surface area contributed by atoms with Crippen LogP contribution in [0, 0.1) is 5.92 Å². The van der Waals surface area contributed by atoms with Crippen molar-refractivity contribution in [3.63, 3.8) is 0 Å². The average molecular weight is 304 g/mol. The van der Waals surface area contributed by atoms with E-state index in [0.29, 0.717) is 5.92 Å². The number of ether oxygens (including phenoxy) is 1. The number of benzene rings is 1. The van der Waals surface area contributed by atoms with Gasteiger partial charge in [-0.1, -0.05) is 38.1 Å². The molecule has 0 radical (unpaired) electrons. The Morgan fingerprint density at radius 3 is 2.67 bits per heavy atom. The molecule has 2 aromatic rings. The maximum atomic E-state index is 5.10. The average Bonchev–Trinajstić information content (AvgIpc) is 2.94.